The van der Waals surface area contributed by atoms with Crippen LogP contribution >= 0.6 is 0 Å². The first-order chi connectivity index (χ1) is 49.7. The van der Waals surface area contributed by atoms with E-state index in [1.165, 1.54) is 54.6 Å². The molecule has 0 unspecified atom stereocenters. The number of benzene rings is 6. The van der Waals surface area contributed by atoms with E-state index in [2.05, 4.69) is 37.8 Å². The molecule has 3 atom stereocenters. The Hall–Kier alpha value is -12.0. The minimum Gasteiger partial charge on any atom is -0.477 e. The number of carboxylic acid groups (broad SMARTS) is 1. The summed E-state index contributed by atoms with van der Waals surface area (Å²) in [4.78, 5) is 95.0. The van der Waals surface area contributed by atoms with Crippen LogP contribution in [0.4, 0.5) is 18.0 Å². The molecule has 0 saturated carbocycles. The van der Waals surface area contributed by atoms with Crippen LogP contribution < -0.4 is 58.8 Å². The van der Waals surface area contributed by atoms with Gasteiger partial charge in [0.25, 0.3) is 11.8 Å². The summed E-state index contributed by atoms with van der Waals surface area (Å²) in [5, 5.41) is 16.9. The number of alkyl carbamates (subject to hydrolysis) is 1. The van der Waals surface area contributed by atoms with Gasteiger partial charge in [-0.15, -0.1) is 0 Å². The van der Waals surface area contributed by atoms with Gasteiger partial charge in [-0.25, -0.2) is 37.7 Å². The fourth-order valence-electron chi connectivity index (χ4n) is 9.42. The molecule has 105 heavy (non-hydrogen) atoms. The molecule has 0 aliphatic heterocycles. The predicted molar refractivity (Wildman–Crippen MR) is 395 cm³/mol. The van der Waals surface area contributed by atoms with E-state index in [1.807, 2.05) is 12.1 Å². The molecular formula is C79H90F3N11O12. The average molecular weight is 1440 g/mol. The number of aromatic carboxylic acids is 1. The number of amides is 6. The second-order valence-corrected chi connectivity index (χ2v) is 24.3. The van der Waals surface area contributed by atoms with E-state index in [9.17, 15) is 46.7 Å². The Bertz CT molecular complexity index is 4230. The first-order valence-electron chi connectivity index (χ1n) is 33.4. The summed E-state index contributed by atoms with van der Waals surface area (Å²) in [5.41, 5.74) is 30.5. The minimum absolute atomic E-state index is 0. The number of ether oxygens (including phenoxy) is 4. The Balaban J connectivity index is 0.000000270. The summed E-state index contributed by atoms with van der Waals surface area (Å²) in [6, 6.07) is 51.2. The van der Waals surface area contributed by atoms with Crippen LogP contribution in [0.5, 0.6) is 34.5 Å². The standard InChI is InChI=1S/C29H33FN4O5.C24H25FN4O3.C18H12FNO3.C7H16N2O.CH4/c1-29(2,3)39-28(37)32-18-5-4-7-24(26(31)35)34-27(36)25-9-6-8-23(33-25)19-10-14-21(15-11-19)38-22-16-12-20(30)13-17-22;25-17-9-13-19(14-10-17)32-18-11-7-16(8-12-18)20-5-3-6-22(28-20)24(31)29-21(23(27)30)4-1-2-15-26;19-13-6-10-15(11-7-13)23-14-8-4-12(5-9-14)16-2-1-3-17(20-16)18(21)22;1-2-3-4-5-6(8)7(9)10;/h6,8-17,24H,4-5,7,18H2,1-3H3,(H2,31,35)(H,32,37)(H,34,36);3,5-14,21H,1-2,4,15,26H2,(H2,27,30)(H,29,31);1-11H,(H,21,22);6H,2-5,8H2,1H3,(H2,9,10);1H4/t24-;21-;;6-;/m00.0./s1. The maximum atomic E-state index is 13.1. The smallest absolute Gasteiger partial charge is 0.407 e. The number of hydrogen-bond acceptors (Lipinski definition) is 16. The van der Waals surface area contributed by atoms with Gasteiger partial charge in [-0.05, 0) is 254 Å². The van der Waals surface area contributed by atoms with E-state index >= 15 is 0 Å². The Morgan fingerprint density at radius 1 is 0.448 bits per heavy atom. The van der Waals surface area contributed by atoms with Gasteiger partial charge in [-0.3, -0.25) is 24.0 Å². The Kier molecular flexibility index (Phi) is 34.3. The molecule has 9 rings (SSSR count). The highest BCUT2D eigenvalue weighted by molar-refractivity contribution is 5.97. The molecule has 6 aromatic carbocycles. The van der Waals surface area contributed by atoms with Crippen molar-refractivity contribution in [1.29, 1.82) is 0 Å². The van der Waals surface area contributed by atoms with Gasteiger partial charge < -0.3 is 68.7 Å². The zero-order chi connectivity index (χ0) is 75.6. The minimum atomic E-state index is -1.07. The van der Waals surface area contributed by atoms with E-state index in [4.69, 9.17) is 52.7 Å². The largest absolute Gasteiger partial charge is 0.477 e. The normalized spacial score (nSPS) is 11.4. The number of rotatable bonds is 30. The number of primary amides is 3. The molecular weight excluding hydrogens is 1350 g/mol. The quantitative estimate of drug-likeness (QED) is 0.0189. The van der Waals surface area contributed by atoms with Crippen molar-refractivity contribution in [3.05, 3.63) is 235 Å². The maximum absolute atomic E-state index is 13.1. The second-order valence-electron chi connectivity index (χ2n) is 24.3. The van der Waals surface area contributed by atoms with Crippen LogP contribution in [0.15, 0.2) is 200 Å². The molecule has 0 aliphatic carbocycles. The van der Waals surface area contributed by atoms with Gasteiger partial charge in [-0.1, -0.05) is 51.8 Å². The summed E-state index contributed by atoms with van der Waals surface area (Å²) in [7, 11) is 0. The average Bonchev–Trinajstić information content (AvgIpc) is 0.845. The number of aromatic nitrogens is 3. The van der Waals surface area contributed by atoms with Crippen molar-refractivity contribution in [2.75, 3.05) is 13.1 Å². The number of pyridine rings is 3. The summed E-state index contributed by atoms with van der Waals surface area (Å²) < 4.78 is 61.1. The molecule has 0 radical (unpaired) electrons. The van der Waals surface area contributed by atoms with Crippen LogP contribution in [0.3, 0.4) is 0 Å². The van der Waals surface area contributed by atoms with Crippen LogP contribution in [0, 0.1) is 17.5 Å². The molecule has 554 valence electrons. The van der Waals surface area contributed by atoms with Gasteiger partial charge in [0, 0.05) is 23.2 Å². The fourth-order valence-corrected chi connectivity index (χ4v) is 9.42. The van der Waals surface area contributed by atoms with Crippen LogP contribution in [-0.4, -0.2) is 98.5 Å². The van der Waals surface area contributed by atoms with E-state index < -0.39 is 65.3 Å². The molecule has 26 heteroatoms. The lowest BCUT2D eigenvalue weighted by atomic mass is 10.1. The van der Waals surface area contributed by atoms with Gasteiger partial charge >= 0.3 is 12.1 Å². The van der Waals surface area contributed by atoms with E-state index in [-0.39, 0.29) is 42.0 Å². The number of carbonyl (C=O) groups excluding carboxylic acids is 6. The summed E-state index contributed by atoms with van der Waals surface area (Å²) >= 11 is 0. The molecule has 0 bridgehead atoms. The van der Waals surface area contributed by atoms with Crippen LogP contribution in [0.25, 0.3) is 33.8 Å². The van der Waals surface area contributed by atoms with E-state index in [0.29, 0.717) is 96.8 Å². The third-order valence-electron chi connectivity index (χ3n) is 14.8. The summed E-state index contributed by atoms with van der Waals surface area (Å²) in [6.45, 7) is 8.32. The number of nitrogens with zero attached hydrogens (tertiary/aromatic N) is 3. The van der Waals surface area contributed by atoms with Crippen molar-refractivity contribution >= 4 is 41.6 Å². The number of nitrogens with two attached hydrogens (primary N) is 5. The topological polar surface area (TPSA) is 382 Å². The highest BCUT2D eigenvalue weighted by Crippen LogP contribution is 2.29. The summed E-state index contributed by atoms with van der Waals surface area (Å²) in [6.07, 6.45) is 6.77. The van der Waals surface area contributed by atoms with Crippen LogP contribution in [-0.2, 0) is 19.1 Å². The lowest BCUT2D eigenvalue weighted by Gasteiger charge is -2.19. The molecule has 3 aromatic heterocycles. The Morgan fingerprint density at radius 2 is 0.771 bits per heavy atom. The first kappa shape index (κ1) is 83.6. The Labute approximate surface area is 608 Å². The van der Waals surface area contributed by atoms with Gasteiger partial charge in [0.15, 0.2) is 0 Å². The lowest BCUT2D eigenvalue weighted by Crippen LogP contribution is -2.44. The second kappa shape index (κ2) is 43.0. The van der Waals surface area contributed by atoms with Crippen molar-refractivity contribution < 1.29 is 70.8 Å². The van der Waals surface area contributed by atoms with Crippen molar-refractivity contribution in [3.63, 3.8) is 0 Å². The fraction of sp³-hybridized carbons (Fsp3) is 0.266. The molecule has 9 aromatic rings. The van der Waals surface area contributed by atoms with Crippen molar-refractivity contribution in [1.82, 2.24) is 30.9 Å². The van der Waals surface area contributed by atoms with Crippen LogP contribution in [0.1, 0.15) is 131 Å². The highest BCUT2D eigenvalue weighted by atomic mass is 19.1. The third kappa shape index (κ3) is 30.2. The van der Waals surface area contributed by atoms with Gasteiger partial charge in [-0.2, -0.15) is 0 Å². The number of unbranched alkanes of at least 4 members (excludes halogenated alkanes) is 4. The Morgan fingerprint density at radius 3 is 1.09 bits per heavy atom. The maximum Gasteiger partial charge on any atom is 0.407 e. The molecule has 0 aliphatic rings. The number of hydrogen-bond donors (Lipinski definition) is 9. The lowest BCUT2D eigenvalue weighted by molar-refractivity contribution is -0.120. The number of carboxylic acids is 1. The monoisotopic (exact) mass is 1440 g/mol. The van der Waals surface area contributed by atoms with Gasteiger partial charge in [0.05, 0.1) is 23.1 Å². The zero-order valence-electron chi connectivity index (χ0n) is 58.1. The van der Waals surface area contributed by atoms with Crippen LogP contribution in [0.2, 0.25) is 0 Å². The SMILES string of the molecule is C.CC(C)(C)OC(=O)NCCCC[C@H](NC(=O)c1cccc(-c2ccc(Oc3ccc(F)cc3)cc2)n1)C(N)=O.CCCCC[C@H](N)C(N)=O.NCCCC[C@H](NC(=O)c1cccc(-c2ccc(Oc3ccc(F)cc3)cc2)n1)C(N)=O.O=C(O)c1cccc(-c2ccc(Oc3ccc(F)cc3)cc2)n1. The molecule has 23 nitrogen and oxygen atoms in total. The first-order valence-corrected chi connectivity index (χ1v) is 33.4. The number of carbonyl (C=O) groups is 7. The van der Waals surface area contributed by atoms with Crippen molar-refractivity contribution in [2.45, 2.75) is 123 Å². The molecule has 0 saturated heterocycles. The molecule has 14 N–H and O–H groups in total. The van der Waals surface area contributed by atoms with Crippen molar-refractivity contribution in [3.8, 4) is 68.3 Å². The molecule has 6 amide bonds. The summed E-state index contributed by atoms with van der Waals surface area (Å²) in [5.74, 6) is -1.42. The van der Waals surface area contributed by atoms with E-state index in [0.717, 1.165) is 48.8 Å². The highest BCUT2D eigenvalue weighted by Gasteiger charge is 2.23. The van der Waals surface area contributed by atoms with Gasteiger partial charge in [0.2, 0.25) is 17.7 Å². The van der Waals surface area contributed by atoms with Gasteiger partial charge in [0.1, 0.15) is 86.7 Å². The molecule has 0 fully saturated rings. The zero-order valence-corrected chi connectivity index (χ0v) is 58.1. The van der Waals surface area contributed by atoms with E-state index in [1.54, 1.807) is 154 Å². The third-order valence-corrected chi connectivity index (χ3v) is 14.8. The van der Waals surface area contributed by atoms with Crippen molar-refractivity contribution in [2.24, 2.45) is 28.7 Å². The number of halogens is 3. The molecule has 3 heterocycles. The molecule has 0 spiro atoms. The predicted octanol–water partition coefficient (Wildman–Crippen LogP) is 13.7. The number of nitrogens with one attached hydrogen (secondary N) is 3.